The van der Waals surface area contributed by atoms with Gasteiger partial charge in [-0.2, -0.15) is 0 Å². The maximum Gasteiger partial charge on any atom is 0.263 e. The molecule has 2 aromatic carbocycles. The van der Waals surface area contributed by atoms with Gasteiger partial charge in [0.1, 0.15) is 0 Å². The predicted octanol–water partition coefficient (Wildman–Crippen LogP) is 5.34. The highest BCUT2D eigenvalue weighted by Crippen LogP contribution is 2.50. The first-order chi connectivity index (χ1) is 16.4. The van der Waals surface area contributed by atoms with Crippen molar-refractivity contribution in [1.29, 1.82) is 0 Å². The number of nitrogens with one attached hydrogen (secondary N) is 1. The van der Waals surface area contributed by atoms with Crippen LogP contribution in [0.2, 0.25) is 0 Å². The molecule has 3 aromatic rings. The van der Waals surface area contributed by atoms with Crippen LogP contribution in [-0.2, 0) is 0 Å². The van der Waals surface area contributed by atoms with E-state index in [2.05, 4.69) is 30.4 Å². The standard InChI is InChI=1S/C26H31N5OS2/c1-4-14-9-19(14)16-7-17(10-18(8-16)34-28)30-22-12-21(22)29-13-15-5-6-23-20(25(15)27)11-24(33-23)26(32)31(2)3/h5-8,10-11,13-14,19,21-22,30H,4,9,12,27-28H2,1-3H3. The van der Waals surface area contributed by atoms with Gasteiger partial charge in [0.25, 0.3) is 5.91 Å². The average molecular weight is 494 g/mol. The van der Waals surface area contributed by atoms with Crippen LogP contribution in [0.1, 0.15) is 52.9 Å². The smallest absolute Gasteiger partial charge is 0.263 e. The van der Waals surface area contributed by atoms with Gasteiger partial charge in [0.2, 0.25) is 0 Å². The van der Waals surface area contributed by atoms with Crippen molar-refractivity contribution in [1.82, 2.24) is 4.90 Å². The lowest BCUT2D eigenvalue weighted by atomic mass is 10.1. The minimum Gasteiger partial charge on any atom is -0.398 e. The van der Waals surface area contributed by atoms with E-state index in [4.69, 9.17) is 15.9 Å². The summed E-state index contributed by atoms with van der Waals surface area (Å²) in [5.41, 5.74) is 10.5. The molecule has 2 saturated carbocycles. The summed E-state index contributed by atoms with van der Waals surface area (Å²) in [6.07, 6.45) is 5.39. The predicted molar refractivity (Wildman–Crippen MR) is 145 cm³/mol. The number of fused-ring (bicyclic) bond motifs is 1. The first kappa shape index (κ1) is 23.2. The Morgan fingerprint density at radius 1 is 1.26 bits per heavy atom. The van der Waals surface area contributed by atoms with Crippen LogP contribution in [0.4, 0.5) is 11.4 Å². The molecule has 8 heteroatoms. The van der Waals surface area contributed by atoms with Gasteiger partial charge in [0.15, 0.2) is 0 Å². The summed E-state index contributed by atoms with van der Waals surface area (Å²) < 4.78 is 1.01. The number of anilines is 2. The fourth-order valence-electron chi connectivity index (χ4n) is 4.57. The SMILES string of the molecule is CCC1CC1c1cc(NC2CC2N=Cc2ccc3sc(C(=O)N(C)C)cc3c2N)cc(SN)c1. The summed E-state index contributed by atoms with van der Waals surface area (Å²) >= 11 is 2.78. The topological polar surface area (TPSA) is 96.7 Å². The van der Waals surface area contributed by atoms with Crippen molar-refractivity contribution >= 4 is 56.9 Å². The number of thiophene rings is 1. The molecule has 6 nitrogen and oxygen atoms in total. The molecule has 0 bridgehead atoms. The highest BCUT2D eigenvalue weighted by Gasteiger charge is 2.38. The Balaban J connectivity index is 1.27. The van der Waals surface area contributed by atoms with E-state index in [1.54, 1.807) is 19.0 Å². The number of nitrogens with two attached hydrogens (primary N) is 2. The molecule has 2 aliphatic carbocycles. The molecule has 5 N–H and O–H groups in total. The lowest BCUT2D eigenvalue weighted by molar-refractivity contribution is 0.0832. The van der Waals surface area contributed by atoms with E-state index in [-0.39, 0.29) is 11.9 Å². The number of hydrogen-bond acceptors (Lipinski definition) is 7. The summed E-state index contributed by atoms with van der Waals surface area (Å²) in [5, 5.41) is 10.4. The van der Waals surface area contributed by atoms with Crippen molar-refractivity contribution in [2.24, 2.45) is 16.0 Å². The van der Waals surface area contributed by atoms with Crippen LogP contribution in [0.15, 0.2) is 46.3 Å². The summed E-state index contributed by atoms with van der Waals surface area (Å²) in [7, 11) is 3.52. The van der Waals surface area contributed by atoms with Crippen LogP contribution < -0.4 is 16.2 Å². The summed E-state index contributed by atoms with van der Waals surface area (Å²) in [5.74, 6) is 1.48. The third-order valence-electron chi connectivity index (χ3n) is 6.85. The average Bonchev–Trinajstić information content (AvgIpc) is 3.73. The monoisotopic (exact) mass is 493 g/mol. The lowest BCUT2D eigenvalue weighted by Gasteiger charge is -2.10. The molecule has 1 amide bonds. The number of carbonyl (C=O) groups is 1. The number of aliphatic imine (C=N–C) groups is 1. The third kappa shape index (κ3) is 4.67. The minimum absolute atomic E-state index is 0.00474. The van der Waals surface area contributed by atoms with Crippen molar-refractivity contribution in [2.75, 3.05) is 25.1 Å². The number of nitrogens with zero attached hydrogens (tertiary/aromatic N) is 2. The summed E-state index contributed by atoms with van der Waals surface area (Å²) in [6.45, 7) is 2.27. The molecule has 1 heterocycles. The van der Waals surface area contributed by atoms with Crippen molar-refractivity contribution in [2.45, 2.75) is 49.1 Å². The molecule has 2 aliphatic rings. The van der Waals surface area contributed by atoms with Gasteiger partial charge in [-0.05, 0) is 78.6 Å². The summed E-state index contributed by atoms with van der Waals surface area (Å²) in [4.78, 5) is 20.5. The zero-order valence-corrected chi connectivity index (χ0v) is 21.4. The van der Waals surface area contributed by atoms with Crippen molar-refractivity contribution in [3.8, 4) is 0 Å². The highest BCUT2D eigenvalue weighted by molar-refractivity contribution is 7.97. The Kier molecular flexibility index (Phi) is 6.31. The van der Waals surface area contributed by atoms with E-state index in [9.17, 15) is 4.79 Å². The van der Waals surface area contributed by atoms with Crippen LogP contribution in [0.3, 0.4) is 0 Å². The van der Waals surface area contributed by atoms with E-state index >= 15 is 0 Å². The van der Waals surface area contributed by atoms with E-state index < -0.39 is 0 Å². The zero-order chi connectivity index (χ0) is 24.0. The number of hydrogen-bond donors (Lipinski definition) is 3. The van der Waals surface area contributed by atoms with Crippen LogP contribution >= 0.6 is 23.3 Å². The summed E-state index contributed by atoms with van der Waals surface area (Å²) in [6, 6.07) is 13.1. The second kappa shape index (κ2) is 9.24. The Hall–Kier alpha value is -2.55. The number of carbonyl (C=O) groups excluding carboxylic acids is 1. The van der Waals surface area contributed by atoms with Gasteiger partial charge in [0.05, 0.1) is 17.0 Å². The molecule has 4 unspecified atom stereocenters. The Morgan fingerprint density at radius 3 is 2.79 bits per heavy atom. The van der Waals surface area contributed by atoms with Crippen LogP contribution in [-0.4, -0.2) is 43.2 Å². The van der Waals surface area contributed by atoms with Gasteiger partial charge < -0.3 is 16.0 Å². The molecule has 2 fully saturated rings. The van der Waals surface area contributed by atoms with Crippen LogP contribution in [0.5, 0.6) is 0 Å². The molecule has 0 radical (unpaired) electrons. The van der Waals surface area contributed by atoms with Gasteiger partial charge in [-0.1, -0.05) is 13.3 Å². The first-order valence-electron chi connectivity index (χ1n) is 11.7. The second-order valence-corrected chi connectivity index (χ2v) is 11.3. The van der Waals surface area contributed by atoms with Gasteiger partial charge in [-0.25, -0.2) is 0 Å². The Morgan fingerprint density at radius 2 is 2.09 bits per heavy atom. The van der Waals surface area contributed by atoms with E-state index in [1.807, 2.05) is 24.4 Å². The quantitative estimate of drug-likeness (QED) is 0.224. The number of benzene rings is 2. The van der Waals surface area contributed by atoms with Gasteiger partial charge in [-0.3, -0.25) is 14.9 Å². The molecule has 0 saturated heterocycles. The van der Waals surface area contributed by atoms with Crippen molar-refractivity contribution in [3.05, 3.63) is 52.4 Å². The molecule has 1 aromatic heterocycles. The number of rotatable bonds is 8. The highest BCUT2D eigenvalue weighted by atomic mass is 32.2. The molecule has 0 spiro atoms. The second-order valence-electron chi connectivity index (χ2n) is 9.54. The maximum atomic E-state index is 12.3. The van der Waals surface area contributed by atoms with Gasteiger partial charge >= 0.3 is 0 Å². The lowest BCUT2D eigenvalue weighted by Crippen LogP contribution is -2.20. The first-order valence-corrected chi connectivity index (χ1v) is 13.4. The van der Waals surface area contributed by atoms with Gasteiger partial charge in [-0.15, -0.1) is 11.3 Å². The molecule has 34 heavy (non-hydrogen) atoms. The molecular formula is C26H31N5OS2. The maximum absolute atomic E-state index is 12.3. The number of amides is 1. The molecular weight excluding hydrogens is 462 g/mol. The van der Waals surface area contributed by atoms with Gasteiger partial charge in [0, 0.05) is 52.2 Å². The van der Waals surface area contributed by atoms with E-state index in [0.717, 1.165) is 38.6 Å². The third-order valence-corrected chi connectivity index (χ3v) is 8.44. The van der Waals surface area contributed by atoms with E-state index in [0.29, 0.717) is 22.5 Å². The van der Waals surface area contributed by atoms with Crippen molar-refractivity contribution < 1.29 is 4.79 Å². The normalized spacial score (nSPS) is 23.4. The fraction of sp³-hybridized carbons (Fsp3) is 0.385. The molecule has 5 rings (SSSR count). The van der Waals surface area contributed by atoms with Crippen molar-refractivity contribution in [3.63, 3.8) is 0 Å². The zero-order valence-electron chi connectivity index (χ0n) is 19.7. The fourth-order valence-corrected chi connectivity index (χ4v) is 6.07. The van der Waals surface area contributed by atoms with E-state index in [1.165, 1.54) is 41.7 Å². The van der Waals surface area contributed by atoms with Crippen LogP contribution in [0.25, 0.3) is 10.1 Å². The number of nitrogen functional groups attached to an aromatic ring is 1. The largest absolute Gasteiger partial charge is 0.398 e. The molecule has 0 aliphatic heterocycles. The van der Waals surface area contributed by atoms with Crippen LogP contribution in [0, 0.1) is 5.92 Å². The minimum atomic E-state index is -0.00474. The Labute approximate surface area is 208 Å². The molecule has 4 atom stereocenters. The molecule has 178 valence electrons. The Bertz CT molecular complexity index is 1270.